The van der Waals surface area contributed by atoms with Gasteiger partial charge in [0.1, 0.15) is 11.2 Å². The Morgan fingerprint density at radius 1 is 0.375 bits per heavy atom. The Bertz CT molecular complexity index is 2860. The first-order chi connectivity index (χ1) is 27.7. The van der Waals surface area contributed by atoms with Crippen LogP contribution in [0.25, 0.3) is 33.1 Å². The molecular formula is C53H40N2O. The van der Waals surface area contributed by atoms with E-state index in [4.69, 9.17) is 4.42 Å². The van der Waals surface area contributed by atoms with Crippen LogP contribution in [0.4, 0.5) is 34.1 Å². The zero-order valence-electron chi connectivity index (χ0n) is 31.1. The zero-order chi connectivity index (χ0) is 37.1. The molecule has 0 radical (unpaired) electrons. The molecule has 268 valence electrons. The summed E-state index contributed by atoms with van der Waals surface area (Å²) < 4.78 is 6.30. The molecule has 0 amide bonds. The molecular weight excluding hydrogens is 681 g/mol. The first-order valence-electron chi connectivity index (χ1n) is 19.8. The van der Waals surface area contributed by atoms with Gasteiger partial charge in [0.05, 0.1) is 11.4 Å². The molecule has 11 rings (SSSR count). The highest BCUT2D eigenvalue weighted by Gasteiger charge is 2.49. The van der Waals surface area contributed by atoms with Crippen molar-refractivity contribution in [3.63, 3.8) is 0 Å². The first-order valence-corrected chi connectivity index (χ1v) is 19.8. The summed E-state index contributed by atoms with van der Waals surface area (Å²) in [6.45, 7) is 0. The molecule has 0 N–H and O–H groups in total. The lowest BCUT2D eigenvalue weighted by Crippen LogP contribution is -2.27. The van der Waals surface area contributed by atoms with Gasteiger partial charge in [-0.2, -0.15) is 0 Å². The molecule has 0 bridgehead atoms. The number of rotatable bonds is 7. The zero-order valence-corrected chi connectivity index (χ0v) is 31.1. The van der Waals surface area contributed by atoms with Crippen LogP contribution < -0.4 is 9.80 Å². The molecule has 1 atom stereocenters. The maximum atomic E-state index is 6.30. The molecule has 0 unspecified atom stereocenters. The third kappa shape index (κ3) is 5.19. The molecule has 2 aliphatic rings. The minimum absolute atomic E-state index is 0.158. The Morgan fingerprint density at radius 3 is 1.48 bits per heavy atom. The number of furan rings is 1. The highest BCUT2D eigenvalue weighted by molar-refractivity contribution is 6.06. The fraction of sp³-hybridized carbons (Fsp3) is 0.0943. The molecule has 0 aliphatic heterocycles. The molecule has 8 aromatic carbocycles. The quantitative estimate of drug-likeness (QED) is 0.163. The van der Waals surface area contributed by atoms with Gasteiger partial charge in [-0.05, 0) is 132 Å². The van der Waals surface area contributed by atoms with Gasteiger partial charge >= 0.3 is 0 Å². The van der Waals surface area contributed by atoms with E-state index in [-0.39, 0.29) is 5.41 Å². The highest BCUT2D eigenvalue weighted by Crippen LogP contribution is 2.60. The minimum Gasteiger partial charge on any atom is -0.456 e. The minimum atomic E-state index is -0.158. The number of hydrogen-bond donors (Lipinski definition) is 0. The van der Waals surface area contributed by atoms with Crippen molar-refractivity contribution in [3.8, 4) is 11.1 Å². The van der Waals surface area contributed by atoms with E-state index in [1.165, 1.54) is 44.8 Å². The van der Waals surface area contributed by atoms with Crippen molar-refractivity contribution in [3.05, 3.63) is 216 Å². The lowest BCUT2D eigenvalue weighted by Gasteiger charge is -2.37. The molecule has 3 nitrogen and oxygen atoms in total. The van der Waals surface area contributed by atoms with Crippen molar-refractivity contribution < 1.29 is 4.42 Å². The SMILES string of the molecule is c1ccc(-c2ccc(N(c3ccccc3)c3cccc4c3[C@@]3(CC4)CCc4cccc(N(c5ccccc5)c5ccc6oc7ccccc7c6c5)c43)cc2)cc1. The maximum absolute atomic E-state index is 6.30. The molecule has 56 heavy (non-hydrogen) atoms. The van der Waals surface area contributed by atoms with Gasteiger partial charge in [-0.25, -0.2) is 0 Å². The highest BCUT2D eigenvalue weighted by atomic mass is 16.3. The third-order valence-corrected chi connectivity index (χ3v) is 12.2. The molecule has 9 aromatic rings. The second kappa shape index (κ2) is 13.2. The van der Waals surface area contributed by atoms with E-state index in [9.17, 15) is 0 Å². The molecule has 2 aliphatic carbocycles. The number of fused-ring (bicyclic) bond motifs is 7. The van der Waals surface area contributed by atoms with Gasteiger partial charge < -0.3 is 14.2 Å². The lowest BCUT2D eigenvalue weighted by atomic mass is 9.74. The van der Waals surface area contributed by atoms with Gasteiger partial charge in [0.25, 0.3) is 0 Å². The average molecular weight is 721 g/mol. The summed E-state index contributed by atoms with van der Waals surface area (Å²) in [4.78, 5) is 4.99. The molecule has 0 fully saturated rings. The summed E-state index contributed by atoms with van der Waals surface area (Å²) in [7, 11) is 0. The Hall–Kier alpha value is -6.84. The summed E-state index contributed by atoms with van der Waals surface area (Å²) in [5.74, 6) is 0. The smallest absolute Gasteiger partial charge is 0.135 e. The Balaban J connectivity index is 1.11. The van der Waals surface area contributed by atoms with Crippen LogP contribution in [0.15, 0.2) is 199 Å². The van der Waals surface area contributed by atoms with Gasteiger partial charge in [-0.3, -0.25) is 0 Å². The van der Waals surface area contributed by atoms with E-state index in [0.29, 0.717) is 0 Å². The number of nitrogens with zero attached hydrogens (tertiary/aromatic N) is 2. The van der Waals surface area contributed by atoms with Gasteiger partial charge in [-0.1, -0.05) is 121 Å². The first kappa shape index (κ1) is 32.6. The number of para-hydroxylation sites is 3. The number of aryl methyl sites for hydroxylation is 2. The van der Waals surface area contributed by atoms with Crippen molar-refractivity contribution in [1.29, 1.82) is 0 Å². The average Bonchev–Trinajstić information content (AvgIpc) is 3.96. The number of hydrogen-bond acceptors (Lipinski definition) is 3. The van der Waals surface area contributed by atoms with E-state index >= 15 is 0 Å². The molecule has 0 saturated carbocycles. The van der Waals surface area contributed by atoms with Crippen LogP contribution in [-0.4, -0.2) is 0 Å². The van der Waals surface area contributed by atoms with E-state index in [1.54, 1.807) is 0 Å². The Morgan fingerprint density at radius 2 is 0.857 bits per heavy atom. The second-order valence-electron chi connectivity index (χ2n) is 15.2. The van der Waals surface area contributed by atoms with Gasteiger partial charge in [0.15, 0.2) is 0 Å². The second-order valence-corrected chi connectivity index (χ2v) is 15.2. The van der Waals surface area contributed by atoms with Crippen LogP contribution in [0.2, 0.25) is 0 Å². The van der Waals surface area contributed by atoms with E-state index in [2.05, 4.69) is 198 Å². The fourth-order valence-electron chi connectivity index (χ4n) is 9.81. The predicted octanol–water partition coefficient (Wildman–Crippen LogP) is 14.4. The van der Waals surface area contributed by atoms with E-state index in [0.717, 1.165) is 70.4 Å². The summed E-state index contributed by atoms with van der Waals surface area (Å²) in [5.41, 5.74) is 17.0. The standard InChI is InChI=1S/C53H40N2O/c1-4-14-37(15-5-1)38-26-28-43(29-27-38)54(41-18-6-2-7-19-41)47-23-12-16-39-32-34-53(51(39)47)35-33-40-17-13-24-48(52(40)53)55(42-20-8-3-9-21-42)44-30-31-50-46(36-44)45-22-10-11-25-49(45)56-50/h1-31,36H,32-35H2/t53-/m1/s1. The van der Waals surface area contributed by atoms with Crippen molar-refractivity contribution >= 4 is 56.1 Å². The van der Waals surface area contributed by atoms with Crippen LogP contribution in [-0.2, 0) is 18.3 Å². The third-order valence-electron chi connectivity index (χ3n) is 12.2. The largest absolute Gasteiger partial charge is 0.456 e. The van der Waals surface area contributed by atoms with Crippen LogP contribution in [0, 0.1) is 0 Å². The maximum Gasteiger partial charge on any atom is 0.135 e. The topological polar surface area (TPSA) is 19.6 Å². The number of anilines is 6. The fourth-order valence-corrected chi connectivity index (χ4v) is 9.81. The van der Waals surface area contributed by atoms with Crippen molar-refractivity contribution in [2.24, 2.45) is 0 Å². The summed E-state index contributed by atoms with van der Waals surface area (Å²) >= 11 is 0. The van der Waals surface area contributed by atoms with E-state index in [1.807, 2.05) is 6.07 Å². The van der Waals surface area contributed by atoms with Gasteiger partial charge in [0.2, 0.25) is 0 Å². The van der Waals surface area contributed by atoms with Gasteiger partial charge in [-0.15, -0.1) is 0 Å². The van der Waals surface area contributed by atoms with Crippen LogP contribution in [0.3, 0.4) is 0 Å². The van der Waals surface area contributed by atoms with Crippen molar-refractivity contribution in [2.45, 2.75) is 31.1 Å². The summed E-state index contributed by atoms with van der Waals surface area (Å²) in [6.07, 6.45) is 4.24. The van der Waals surface area contributed by atoms with Crippen molar-refractivity contribution in [1.82, 2.24) is 0 Å². The predicted molar refractivity (Wildman–Crippen MR) is 232 cm³/mol. The lowest BCUT2D eigenvalue weighted by molar-refractivity contribution is 0.508. The van der Waals surface area contributed by atoms with Crippen LogP contribution in [0.1, 0.15) is 35.1 Å². The van der Waals surface area contributed by atoms with Crippen molar-refractivity contribution in [2.75, 3.05) is 9.80 Å². The van der Waals surface area contributed by atoms with Crippen LogP contribution >= 0.6 is 0 Å². The van der Waals surface area contributed by atoms with Crippen LogP contribution in [0.5, 0.6) is 0 Å². The molecule has 1 heterocycles. The Labute approximate surface area is 327 Å². The summed E-state index contributed by atoms with van der Waals surface area (Å²) in [5, 5.41) is 2.27. The normalized spacial score (nSPS) is 15.6. The molecule has 1 spiro atoms. The van der Waals surface area contributed by atoms with Gasteiger partial charge in [0, 0.05) is 38.9 Å². The summed E-state index contributed by atoms with van der Waals surface area (Å²) in [6, 6.07) is 70.6. The molecule has 0 saturated heterocycles. The monoisotopic (exact) mass is 720 g/mol. The number of benzene rings is 8. The Kier molecular flexibility index (Phi) is 7.67. The molecule has 1 aromatic heterocycles. The molecule has 3 heteroatoms. The van der Waals surface area contributed by atoms with E-state index < -0.39 is 0 Å².